The molecule has 5 heteroatoms. The molecule has 0 unspecified atom stereocenters. The Hall–Kier alpha value is -1.13. The molecule has 1 aliphatic heterocycles. The molecule has 18 heavy (non-hydrogen) atoms. The maximum absolute atomic E-state index is 5.94. The summed E-state index contributed by atoms with van der Waals surface area (Å²) >= 11 is 5.94. The molecule has 1 fully saturated rings. The third-order valence-corrected chi connectivity index (χ3v) is 3.63. The third kappa shape index (κ3) is 2.65. The number of likely N-dealkylation sites (tertiary alicyclic amines) is 1. The molecular weight excluding hydrogens is 248 g/mol. The average Bonchev–Trinajstić information content (AvgIpc) is 2.57. The first kappa shape index (κ1) is 11.9. The lowest BCUT2D eigenvalue weighted by molar-refractivity contribution is 0.270. The van der Waals surface area contributed by atoms with E-state index in [1.807, 2.05) is 12.1 Å². The van der Waals surface area contributed by atoms with E-state index in [0.29, 0.717) is 5.02 Å². The van der Waals surface area contributed by atoms with Crippen LogP contribution in [-0.4, -0.2) is 32.6 Å². The lowest BCUT2D eigenvalue weighted by atomic mass is 10.2. The molecule has 0 N–H and O–H groups in total. The highest BCUT2D eigenvalue weighted by atomic mass is 35.5. The zero-order valence-corrected chi connectivity index (χ0v) is 11.1. The minimum absolute atomic E-state index is 0.689. The fourth-order valence-corrected chi connectivity index (χ4v) is 2.62. The normalized spacial score (nSPS) is 18.1. The molecule has 0 spiro atoms. The number of aromatic nitrogens is 3. The molecule has 3 rings (SSSR count). The summed E-state index contributed by atoms with van der Waals surface area (Å²) < 4.78 is 1.76. The molecule has 0 aliphatic carbocycles. The molecule has 3 heterocycles. The number of halogens is 1. The van der Waals surface area contributed by atoms with Crippen molar-refractivity contribution in [3.63, 3.8) is 0 Å². The summed E-state index contributed by atoms with van der Waals surface area (Å²) in [5.74, 6) is 0.888. The molecule has 0 amide bonds. The number of hydrogen-bond acceptors (Lipinski definition) is 3. The average molecular weight is 265 g/mol. The lowest BCUT2D eigenvalue weighted by Gasteiger charge is -2.17. The van der Waals surface area contributed by atoms with E-state index >= 15 is 0 Å². The van der Waals surface area contributed by atoms with Gasteiger partial charge in [0.15, 0.2) is 11.5 Å². The molecule has 2 aromatic heterocycles. The molecule has 2 aromatic rings. The van der Waals surface area contributed by atoms with Crippen molar-refractivity contribution in [1.29, 1.82) is 0 Å². The van der Waals surface area contributed by atoms with E-state index in [4.69, 9.17) is 11.6 Å². The Kier molecular flexibility index (Phi) is 3.48. The monoisotopic (exact) mass is 264 g/mol. The summed E-state index contributed by atoms with van der Waals surface area (Å²) in [7, 11) is 0. The third-order valence-electron chi connectivity index (χ3n) is 3.40. The van der Waals surface area contributed by atoms with Crippen LogP contribution in [0.3, 0.4) is 0 Å². The Morgan fingerprint density at radius 2 is 1.89 bits per heavy atom. The quantitative estimate of drug-likeness (QED) is 0.836. The maximum Gasteiger partial charge on any atom is 0.165 e. The lowest BCUT2D eigenvalue weighted by Crippen LogP contribution is -2.24. The van der Waals surface area contributed by atoms with Crippen LogP contribution in [0, 0.1) is 0 Å². The minimum atomic E-state index is 0.689. The van der Waals surface area contributed by atoms with Crippen LogP contribution < -0.4 is 0 Å². The first-order chi connectivity index (χ1) is 8.81. The SMILES string of the molecule is Clc1ccc2nc(CN3CCCCCC3)nn2c1. The van der Waals surface area contributed by atoms with E-state index in [1.165, 1.54) is 25.7 Å². The summed E-state index contributed by atoms with van der Waals surface area (Å²) in [6.07, 6.45) is 7.09. The van der Waals surface area contributed by atoms with E-state index < -0.39 is 0 Å². The van der Waals surface area contributed by atoms with Gasteiger partial charge in [-0.3, -0.25) is 4.90 Å². The summed E-state index contributed by atoms with van der Waals surface area (Å²) in [4.78, 5) is 6.98. The molecule has 0 aromatic carbocycles. The molecule has 0 saturated carbocycles. The van der Waals surface area contributed by atoms with Crippen LogP contribution in [0.5, 0.6) is 0 Å². The first-order valence-corrected chi connectivity index (χ1v) is 6.92. The van der Waals surface area contributed by atoms with Crippen molar-refractivity contribution in [2.45, 2.75) is 32.2 Å². The van der Waals surface area contributed by atoms with Gasteiger partial charge >= 0.3 is 0 Å². The van der Waals surface area contributed by atoms with Crippen LogP contribution >= 0.6 is 11.6 Å². The second-order valence-corrected chi connectivity index (χ2v) is 5.30. The molecule has 4 nitrogen and oxygen atoms in total. The topological polar surface area (TPSA) is 33.4 Å². The Bertz CT molecular complexity index is 529. The highest BCUT2D eigenvalue weighted by Crippen LogP contribution is 2.13. The van der Waals surface area contributed by atoms with Gasteiger partial charge in [0.05, 0.1) is 11.6 Å². The van der Waals surface area contributed by atoms with Crippen LogP contribution in [0.1, 0.15) is 31.5 Å². The van der Waals surface area contributed by atoms with Gasteiger partial charge in [0, 0.05) is 6.20 Å². The van der Waals surface area contributed by atoms with Crippen molar-refractivity contribution in [3.05, 3.63) is 29.2 Å². The highest BCUT2D eigenvalue weighted by molar-refractivity contribution is 6.30. The fourth-order valence-electron chi connectivity index (χ4n) is 2.47. The van der Waals surface area contributed by atoms with E-state index in [9.17, 15) is 0 Å². The maximum atomic E-state index is 5.94. The van der Waals surface area contributed by atoms with Gasteiger partial charge in [-0.25, -0.2) is 9.50 Å². The van der Waals surface area contributed by atoms with Gasteiger partial charge in [-0.05, 0) is 38.1 Å². The molecule has 1 aliphatic rings. The van der Waals surface area contributed by atoms with Gasteiger partial charge in [-0.1, -0.05) is 24.4 Å². The second-order valence-electron chi connectivity index (χ2n) is 4.87. The Labute approximate surface area is 112 Å². The van der Waals surface area contributed by atoms with Crippen LogP contribution in [-0.2, 0) is 6.54 Å². The van der Waals surface area contributed by atoms with Gasteiger partial charge in [-0.15, -0.1) is 5.10 Å². The van der Waals surface area contributed by atoms with Crippen LogP contribution in [0.2, 0.25) is 5.02 Å². The summed E-state index contributed by atoms with van der Waals surface area (Å²) in [5, 5.41) is 5.17. The number of nitrogens with zero attached hydrogens (tertiary/aromatic N) is 4. The Morgan fingerprint density at radius 3 is 2.67 bits per heavy atom. The van der Waals surface area contributed by atoms with E-state index in [2.05, 4.69) is 15.0 Å². The van der Waals surface area contributed by atoms with Gasteiger partial charge in [0.1, 0.15) is 0 Å². The predicted molar refractivity (Wildman–Crippen MR) is 71.7 cm³/mol. The Morgan fingerprint density at radius 1 is 1.11 bits per heavy atom. The van der Waals surface area contributed by atoms with Gasteiger partial charge in [0.25, 0.3) is 0 Å². The number of rotatable bonds is 2. The molecule has 0 bridgehead atoms. The Balaban J connectivity index is 1.77. The molecule has 0 radical (unpaired) electrons. The zero-order chi connectivity index (χ0) is 12.4. The van der Waals surface area contributed by atoms with Crippen molar-refractivity contribution < 1.29 is 0 Å². The molecule has 1 saturated heterocycles. The van der Waals surface area contributed by atoms with Gasteiger partial charge < -0.3 is 0 Å². The number of pyridine rings is 1. The first-order valence-electron chi connectivity index (χ1n) is 6.54. The summed E-state index contributed by atoms with van der Waals surface area (Å²) in [5.41, 5.74) is 0.865. The predicted octanol–water partition coefficient (Wildman–Crippen LogP) is 2.76. The number of fused-ring (bicyclic) bond motifs is 1. The van der Waals surface area contributed by atoms with Crippen molar-refractivity contribution in [1.82, 2.24) is 19.5 Å². The van der Waals surface area contributed by atoms with E-state index in [0.717, 1.165) is 31.1 Å². The second kappa shape index (κ2) is 5.24. The molecule has 96 valence electrons. The smallest absolute Gasteiger partial charge is 0.165 e. The van der Waals surface area contributed by atoms with Crippen LogP contribution in [0.25, 0.3) is 5.65 Å². The molecular formula is C13H17ClN4. The summed E-state index contributed by atoms with van der Waals surface area (Å²) in [6, 6.07) is 3.75. The van der Waals surface area contributed by atoms with Gasteiger partial charge in [-0.2, -0.15) is 0 Å². The van der Waals surface area contributed by atoms with Gasteiger partial charge in [0.2, 0.25) is 0 Å². The van der Waals surface area contributed by atoms with Crippen molar-refractivity contribution in [2.75, 3.05) is 13.1 Å². The minimum Gasteiger partial charge on any atom is -0.296 e. The zero-order valence-electron chi connectivity index (χ0n) is 10.3. The van der Waals surface area contributed by atoms with E-state index in [1.54, 1.807) is 10.7 Å². The number of hydrogen-bond donors (Lipinski definition) is 0. The van der Waals surface area contributed by atoms with E-state index in [-0.39, 0.29) is 0 Å². The standard InChI is InChI=1S/C13H17ClN4/c14-11-5-6-13-15-12(16-18(13)9-11)10-17-7-3-1-2-4-8-17/h5-6,9H,1-4,7-8,10H2. The molecule has 0 atom stereocenters. The van der Waals surface area contributed by atoms with Crippen LogP contribution in [0.15, 0.2) is 18.3 Å². The van der Waals surface area contributed by atoms with Crippen molar-refractivity contribution in [2.24, 2.45) is 0 Å². The van der Waals surface area contributed by atoms with Crippen LogP contribution in [0.4, 0.5) is 0 Å². The highest BCUT2D eigenvalue weighted by Gasteiger charge is 2.12. The fraction of sp³-hybridized carbons (Fsp3) is 0.538. The summed E-state index contributed by atoms with van der Waals surface area (Å²) in [6.45, 7) is 3.17. The van der Waals surface area contributed by atoms with Crippen molar-refractivity contribution >= 4 is 17.2 Å². The van der Waals surface area contributed by atoms with Crippen molar-refractivity contribution in [3.8, 4) is 0 Å². The largest absolute Gasteiger partial charge is 0.296 e.